The Kier molecular flexibility index (Phi) is 6.93. The minimum Gasteiger partial charge on any atom is -0.481 e. The summed E-state index contributed by atoms with van der Waals surface area (Å²) in [6.45, 7) is 5.00. The molecule has 3 N–H and O–H groups in total. The van der Waals surface area contributed by atoms with Gasteiger partial charge in [-0.1, -0.05) is 6.92 Å². The van der Waals surface area contributed by atoms with E-state index in [1.807, 2.05) is 6.92 Å². The lowest BCUT2D eigenvalue weighted by atomic mass is 10.2. The third-order valence-electron chi connectivity index (χ3n) is 3.11. The summed E-state index contributed by atoms with van der Waals surface area (Å²) >= 11 is 0. The summed E-state index contributed by atoms with van der Waals surface area (Å²) in [7, 11) is 0. The van der Waals surface area contributed by atoms with Crippen molar-refractivity contribution in [1.82, 2.24) is 15.5 Å². The van der Waals surface area contributed by atoms with Crippen molar-refractivity contribution in [2.75, 3.05) is 26.2 Å². The molecular formula is C13H23N3O5. The second-order valence-electron chi connectivity index (χ2n) is 5.00. The number of carbonyl (C=O) groups is 3. The SMILES string of the molecule is CCCNC(=O)C(C)NC(=O)N1CCOC(CC(=O)O)C1. The molecule has 8 heteroatoms. The summed E-state index contributed by atoms with van der Waals surface area (Å²) in [6.07, 6.45) is 0.175. The molecule has 0 aromatic heterocycles. The van der Waals surface area contributed by atoms with Crippen molar-refractivity contribution < 1.29 is 24.2 Å². The van der Waals surface area contributed by atoms with E-state index in [0.29, 0.717) is 19.7 Å². The molecule has 0 bridgehead atoms. The van der Waals surface area contributed by atoms with Gasteiger partial charge in [-0.3, -0.25) is 9.59 Å². The summed E-state index contributed by atoms with van der Waals surface area (Å²) in [6, 6.07) is -1.02. The van der Waals surface area contributed by atoms with Crippen LogP contribution < -0.4 is 10.6 Å². The Balaban J connectivity index is 2.43. The molecule has 1 heterocycles. The molecule has 0 radical (unpaired) electrons. The van der Waals surface area contributed by atoms with Crippen molar-refractivity contribution in [3.05, 3.63) is 0 Å². The van der Waals surface area contributed by atoms with Gasteiger partial charge in [0.1, 0.15) is 6.04 Å². The Bertz CT molecular complexity index is 388. The molecule has 1 aliphatic rings. The zero-order valence-electron chi connectivity index (χ0n) is 12.4. The molecule has 2 unspecified atom stereocenters. The number of urea groups is 1. The van der Waals surface area contributed by atoms with Crippen LogP contribution in [0.5, 0.6) is 0 Å². The van der Waals surface area contributed by atoms with Crippen molar-refractivity contribution >= 4 is 17.9 Å². The quantitative estimate of drug-likeness (QED) is 0.629. The van der Waals surface area contributed by atoms with Crippen LogP contribution in [0.25, 0.3) is 0 Å². The Hall–Kier alpha value is -1.83. The summed E-state index contributed by atoms with van der Waals surface area (Å²) in [5.41, 5.74) is 0. The maximum absolute atomic E-state index is 12.0. The monoisotopic (exact) mass is 301 g/mol. The first-order valence-electron chi connectivity index (χ1n) is 7.10. The van der Waals surface area contributed by atoms with E-state index in [2.05, 4.69) is 10.6 Å². The van der Waals surface area contributed by atoms with Crippen LogP contribution in [0.4, 0.5) is 4.79 Å². The highest BCUT2D eigenvalue weighted by atomic mass is 16.5. The molecule has 0 spiro atoms. The molecule has 120 valence electrons. The maximum Gasteiger partial charge on any atom is 0.318 e. The van der Waals surface area contributed by atoms with Gasteiger partial charge in [-0.05, 0) is 13.3 Å². The first kappa shape index (κ1) is 17.2. The van der Waals surface area contributed by atoms with Gasteiger partial charge in [0.05, 0.1) is 19.1 Å². The topological polar surface area (TPSA) is 108 Å². The molecule has 0 saturated carbocycles. The normalized spacial score (nSPS) is 19.7. The van der Waals surface area contributed by atoms with E-state index in [1.165, 1.54) is 4.90 Å². The van der Waals surface area contributed by atoms with Gasteiger partial charge in [-0.2, -0.15) is 0 Å². The van der Waals surface area contributed by atoms with Crippen LogP contribution >= 0.6 is 0 Å². The average Bonchev–Trinajstić information content (AvgIpc) is 2.44. The van der Waals surface area contributed by atoms with Gasteiger partial charge < -0.3 is 25.4 Å². The number of morpholine rings is 1. The first-order valence-corrected chi connectivity index (χ1v) is 7.10. The molecule has 1 aliphatic heterocycles. The number of rotatable bonds is 6. The third-order valence-corrected chi connectivity index (χ3v) is 3.11. The fraction of sp³-hybridized carbons (Fsp3) is 0.769. The number of carbonyl (C=O) groups excluding carboxylic acids is 2. The van der Waals surface area contributed by atoms with Gasteiger partial charge in [0.25, 0.3) is 0 Å². The number of hydrogen-bond acceptors (Lipinski definition) is 4. The van der Waals surface area contributed by atoms with Gasteiger partial charge in [-0.25, -0.2) is 4.79 Å². The number of ether oxygens (including phenoxy) is 1. The molecular weight excluding hydrogens is 278 g/mol. The zero-order valence-corrected chi connectivity index (χ0v) is 12.4. The van der Waals surface area contributed by atoms with E-state index in [9.17, 15) is 14.4 Å². The van der Waals surface area contributed by atoms with E-state index < -0.39 is 18.1 Å². The van der Waals surface area contributed by atoms with Gasteiger partial charge in [-0.15, -0.1) is 0 Å². The summed E-state index contributed by atoms with van der Waals surface area (Å²) in [5, 5.41) is 14.0. The third kappa shape index (κ3) is 5.99. The van der Waals surface area contributed by atoms with Crippen molar-refractivity contribution in [3.63, 3.8) is 0 Å². The Labute approximate surface area is 123 Å². The van der Waals surface area contributed by atoms with E-state index >= 15 is 0 Å². The number of carboxylic acids is 1. The molecule has 1 rings (SSSR count). The van der Waals surface area contributed by atoms with E-state index in [4.69, 9.17) is 9.84 Å². The van der Waals surface area contributed by atoms with Crippen LogP contribution in [0, 0.1) is 0 Å². The van der Waals surface area contributed by atoms with Crippen molar-refractivity contribution in [3.8, 4) is 0 Å². The predicted octanol–water partition coefficient (Wildman–Crippen LogP) is -0.214. The first-order chi connectivity index (χ1) is 9.93. The molecule has 21 heavy (non-hydrogen) atoms. The molecule has 3 amide bonds. The Morgan fingerprint density at radius 2 is 2.14 bits per heavy atom. The minimum atomic E-state index is -0.963. The molecule has 1 fully saturated rings. The maximum atomic E-state index is 12.0. The van der Waals surface area contributed by atoms with Crippen molar-refractivity contribution in [2.24, 2.45) is 0 Å². The lowest BCUT2D eigenvalue weighted by Gasteiger charge is -2.33. The highest BCUT2D eigenvalue weighted by Crippen LogP contribution is 2.09. The van der Waals surface area contributed by atoms with Crippen LogP contribution in [-0.4, -0.2) is 66.3 Å². The second-order valence-corrected chi connectivity index (χ2v) is 5.00. The highest BCUT2D eigenvalue weighted by Gasteiger charge is 2.27. The second kappa shape index (κ2) is 8.46. The standard InChI is InChI=1S/C13H23N3O5/c1-3-4-14-12(19)9(2)15-13(20)16-5-6-21-10(8-16)7-11(17)18/h9-10H,3-8H2,1-2H3,(H,14,19)(H,15,20)(H,17,18). The molecule has 2 atom stereocenters. The van der Waals surface area contributed by atoms with Crippen LogP contribution in [0.1, 0.15) is 26.7 Å². The number of nitrogens with zero attached hydrogens (tertiary/aromatic N) is 1. The fourth-order valence-electron chi connectivity index (χ4n) is 1.97. The van der Waals surface area contributed by atoms with Gasteiger partial charge >= 0.3 is 12.0 Å². The number of amides is 3. The summed E-state index contributed by atoms with van der Waals surface area (Å²) < 4.78 is 5.29. The number of aliphatic carboxylic acids is 1. The van der Waals surface area contributed by atoms with E-state index in [0.717, 1.165) is 6.42 Å². The van der Waals surface area contributed by atoms with Crippen LogP contribution in [0.2, 0.25) is 0 Å². The average molecular weight is 301 g/mol. The van der Waals surface area contributed by atoms with Crippen LogP contribution in [-0.2, 0) is 14.3 Å². The van der Waals surface area contributed by atoms with Gasteiger partial charge in [0, 0.05) is 19.6 Å². The number of hydrogen-bond donors (Lipinski definition) is 3. The van der Waals surface area contributed by atoms with E-state index in [-0.39, 0.29) is 24.9 Å². The van der Waals surface area contributed by atoms with Crippen molar-refractivity contribution in [1.29, 1.82) is 0 Å². The minimum absolute atomic E-state index is 0.143. The van der Waals surface area contributed by atoms with Gasteiger partial charge in [0.15, 0.2) is 0 Å². The molecule has 0 aliphatic carbocycles. The van der Waals surface area contributed by atoms with Crippen LogP contribution in [0.15, 0.2) is 0 Å². The van der Waals surface area contributed by atoms with E-state index in [1.54, 1.807) is 6.92 Å². The molecule has 0 aromatic rings. The predicted molar refractivity (Wildman–Crippen MR) is 74.9 cm³/mol. The smallest absolute Gasteiger partial charge is 0.318 e. The lowest BCUT2D eigenvalue weighted by molar-refractivity contribution is -0.141. The highest BCUT2D eigenvalue weighted by molar-refractivity contribution is 5.86. The largest absolute Gasteiger partial charge is 0.481 e. The Morgan fingerprint density at radius 3 is 2.76 bits per heavy atom. The van der Waals surface area contributed by atoms with Crippen molar-refractivity contribution in [2.45, 2.75) is 38.8 Å². The Morgan fingerprint density at radius 1 is 1.43 bits per heavy atom. The zero-order chi connectivity index (χ0) is 15.8. The molecule has 8 nitrogen and oxygen atoms in total. The lowest BCUT2D eigenvalue weighted by Crippen LogP contribution is -2.54. The van der Waals surface area contributed by atoms with Crippen LogP contribution in [0.3, 0.4) is 0 Å². The number of carboxylic acid groups (broad SMARTS) is 1. The number of nitrogens with one attached hydrogen (secondary N) is 2. The van der Waals surface area contributed by atoms with Gasteiger partial charge in [0.2, 0.25) is 5.91 Å². The fourth-order valence-corrected chi connectivity index (χ4v) is 1.97. The molecule has 1 saturated heterocycles. The molecule has 0 aromatic carbocycles. The summed E-state index contributed by atoms with van der Waals surface area (Å²) in [5.74, 6) is -1.20. The summed E-state index contributed by atoms with van der Waals surface area (Å²) in [4.78, 5) is 35.9.